The topological polar surface area (TPSA) is 66.4 Å². The van der Waals surface area contributed by atoms with E-state index < -0.39 is 12.0 Å². The number of aliphatic carboxylic acids is 1. The Labute approximate surface area is 131 Å². The van der Waals surface area contributed by atoms with E-state index in [1.807, 2.05) is 6.26 Å². The Kier molecular flexibility index (Phi) is 8.22. The second-order valence-electron chi connectivity index (χ2n) is 4.36. The molecule has 7 heteroatoms. The number of carbonyl (C=O) groups excluding carboxylic acids is 1. The number of benzene rings is 1. The van der Waals surface area contributed by atoms with Crippen LogP contribution in [0.25, 0.3) is 0 Å². The van der Waals surface area contributed by atoms with Crippen LogP contribution in [0.1, 0.15) is 12.0 Å². The minimum atomic E-state index is -1.01. The summed E-state index contributed by atoms with van der Waals surface area (Å²) in [6.45, 7) is 0. The molecule has 2 N–H and O–H groups in total. The highest BCUT2D eigenvalue weighted by atomic mass is 32.2. The van der Waals surface area contributed by atoms with Gasteiger partial charge in [0.05, 0.1) is 5.75 Å². The fourth-order valence-electron chi connectivity index (χ4n) is 1.57. The molecule has 1 aromatic rings. The molecule has 21 heavy (non-hydrogen) atoms. The third kappa shape index (κ3) is 7.38. The highest BCUT2D eigenvalue weighted by Crippen LogP contribution is 2.12. The number of thioether (sulfide) groups is 2. The van der Waals surface area contributed by atoms with Gasteiger partial charge in [-0.05, 0) is 36.1 Å². The van der Waals surface area contributed by atoms with Crippen molar-refractivity contribution in [1.29, 1.82) is 0 Å². The van der Waals surface area contributed by atoms with Crippen molar-refractivity contribution in [2.75, 3.05) is 17.8 Å². The molecule has 0 aliphatic rings. The predicted molar refractivity (Wildman–Crippen MR) is 85.1 cm³/mol. The lowest BCUT2D eigenvalue weighted by Gasteiger charge is -2.13. The fraction of sp³-hybridized carbons (Fsp3) is 0.429. The van der Waals surface area contributed by atoms with Gasteiger partial charge in [-0.3, -0.25) is 4.79 Å². The Morgan fingerprint density at radius 2 is 2.00 bits per heavy atom. The van der Waals surface area contributed by atoms with E-state index in [1.54, 1.807) is 23.9 Å². The maximum Gasteiger partial charge on any atom is 0.326 e. The number of carbonyl (C=O) groups is 2. The molecule has 1 amide bonds. The summed E-state index contributed by atoms with van der Waals surface area (Å²) in [6.07, 6.45) is 2.30. The van der Waals surface area contributed by atoms with Gasteiger partial charge in [-0.15, -0.1) is 11.8 Å². The maximum absolute atomic E-state index is 12.7. The smallest absolute Gasteiger partial charge is 0.326 e. The summed E-state index contributed by atoms with van der Waals surface area (Å²) in [4.78, 5) is 22.7. The molecule has 0 bridgehead atoms. The molecule has 0 heterocycles. The molecule has 0 spiro atoms. The average molecular weight is 331 g/mol. The van der Waals surface area contributed by atoms with Gasteiger partial charge in [0.25, 0.3) is 0 Å². The molecule has 116 valence electrons. The van der Waals surface area contributed by atoms with Crippen LogP contribution >= 0.6 is 23.5 Å². The first-order chi connectivity index (χ1) is 10.0. The first kappa shape index (κ1) is 17.8. The standard InChI is InChI=1S/C14H18FNO3S2/c1-20-7-6-12(14(18)19)16-13(17)9-21-8-10-2-4-11(15)5-3-10/h2-5,12H,6-9H2,1H3,(H,16,17)(H,18,19)/t12-/m0/s1. The molecule has 0 unspecified atom stereocenters. The molecule has 1 aromatic carbocycles. The Hall–Kier alpha value is -1.21. The van der Waals surface area contributed by atoms with Crippen molar-refractivity contribution >= 4 is 35.4 Å². The molecule has 1 atom stereocenters. The maximum atomic E-state index is 12.7. The molecule has 0 saturated heterocycles. The highest BCUT2D eigenvalue weighted by molar-refractivity contribution is 7.99. The normalized spacial score (nSPS) is 11.9. The number of carboxylic acid groups (broad SMARTS) is 1. The van der Waals surface area contributed by atoms with Gasteiger partial charge in [0.15, 0.2) is 0 Å². The van der Waals surface area contributed by atoms with Crippen LogP contribution in [0.5, 0.6) is 0 Å². The van der Waals surface area contributed by atoms with Crippen LogP contribution < -0.4 is 5.32 Å². The number of hydrogen-bond donors (Lipinski definition) is 2. The van der Waals surface area contributed by atoms with Gasteiger partial charge in [0, 0.05) is 5.75 Å². The minimum absolute atomic E-state index is 0.181. The predicted octanol–water partition coefficient (Wildman–Crippen LogP) is 2.38. The molecule has 0 saturated carbocycles. The molecule has 1 rings (SSSR count). The van der Waals surface area contributed by atoms with Crippen molar-refractivity contribution < 1.29 is 19.1 Å². The van der Waals surface area contributed by atoms with Crippen LogP contribution in [-0.4, -0.2) is 40.8 Å². The van der Waals surface area contributed by atoms with E-state index in [0.29, 0.717) is 17.9 Å². The summed E-state index contributed by atoms with van der Waals surface area (Å²) >= 11 is 2.91. The van der Waals surface area contributed by atoms with Crippen molar-refractivity contribution in [3.05, 3.63) is 35.6 Å². The van der Waals surface area contributed by atoms with E-state index in [-0.39, 0.29) is 17.5 Å². The zero-order valence-corrected chi connectivity index (χ0v) is 13.3. The molecule has 4 nitrogen and oxygen atoms in total. The van der Waals surface area contributed by atoms with Gasteiger partial charge in [0.2, 0.25) is 5.91 Å². The summed E-state index contributed by atoms with van der Waals surface area (Å²) in [5.41, 5.74) is 0.923. The van der Waals surface area contributed by atoms with E-state index in [4.69, 9.17) is 5.11 Å². The Morgan fingerprint density at radius 3 is 2.57 bits per heavy atom. The number of amides is 1. The fourth-order valence-corrected chi connectivity index (χ4v) is 2.84. The summed E-state index contributed by atoms with van der Waals surface area (Å²) in [5, 5.41) is 11.5. The summed E-state index contributed by atoms with van der Waals surface area (Å²) < 4.78 is 12.7. The van der Waals surface area contributed by atoms with Crippen LogP contribution in [0.2, 0.25) is 0 Å². The average Bonchev–Trinajstić information content (AvgIpc) is 2.45. The van der Waals surface area contributed by atoms with Gasteiger partial charge < -0.3 is 10.4 Å². The first-order valence-electron chi connectivity index (χ1n) is 6.36. The van der Waals surface area contributed by atoms with E-state index in [9.17, 15) is 14.0 Å². The lowest BCUT2D eigenvalue weighted by Crippen LogP contribution is -2.42. The van der Waals surface area contributed by atoms with Crippen LogP contribution in [0.3, 0.4) is 0 Å². The second kappa shape index (κ2) is 9.68. The lowest BCUT2D eigenvalue weighted by molar-refractivity contribution is -0.141. The number of nitrogens with one attached hydrogen (secondary N) is 1. The van der Waals surface area contributed by atoms with E-state index in [0.717, 1.165) is 5.56 Å². The van der Waals surface area contributed by atoms with E-state index in [1.165, 1.54) is 23.9 Å². The van der Waals surface area contributed by atoms with Gasteiger partial charge in [-0.1, -0.05) is 12.1 Å². The quantitative estimate of drug-likeness (QED) is 0.727. The van der Waals surface area contributed by atoms with Crippen molar-refractivity contribution in [3.63, 3.8) is 0 Å². The molecule has 0 fully saturated rings. The van der Waals surface area contributed by atoms with Crippen LogP contribution in [0.4, 0.5) is 4.39 Å². The van der Waals surface area contributed by atoms with Crippen LogP contribution in [0.15, 0.2) is 24.3 Å². The van der Waals surface area contributed by atoms with Gasteiger partial charge >= 0.3 is 5.97 Å². The SMILES string of the molecule is CSCC[C@H](NC(=O)CSCc1ccc(F)cc1)C(=O)O. The molecule has 0 aliphatic heterocycles. The zero-order chi connectivity index (χ0) is 15.7. The lowest BCUT2D eigenvalue weighted by atomic mass is 10.2. The van der Waals surface area contributed by atoms with Crippen LogP contribution in [0, 0.1) is 5.82 Å². The largest absolute Gasteiger partial charge is 0.480 e. The molecular weight excluding hydrogens is 313 g/mol. The molecular formula is C14H18FNO3S2. The number of halogens is 1. The van der Waals surface area contributed by atoms with Crippen molar-refractivity contribution in [2.45, 2.75) is 18.2 Å². The second-order valence-corrected chi connectivity index (χ2v) is 6.33. The zero-order valence-electron chi connectivity index (χ0n) is 11.7. The monoisotopic (exact) mass is 331 g/mol. The first-order valence-corrected chi connectivity index (χ1v) is 8.91. The highest BCUT2D eigenvalue weighted by Gasteiger charge is 2.18. The number of rotatable bonds is 9. The van der Waals surface area contributed by atoms with E-state index >= 15 is 0 Å². The Morgan fingerprint density at radius 1 is 1.33 bits per heavy atom. The third-order valence-electron chi connectivity index (χ3n) is 2.66. The van der Waals surface area contributed by atoms with Gasteiger partial charge in [-0.25, -0.2) is 9.18 Å². The third-order valence-corrected chi connectivity index (χ3v) is 4.31. The summed E-state index contributed by atoms with van der Waals surface area (Å²) in [7, 11) is 0. The summed E-state index contributed by atoms with van der Waals surface area (Å²) in [6, 6.07) is 5.24. The molecule has 0 aliphatic carbocycles. The molecule has 0 radical (unpaired) electrons. The van der Waals surface area contributed by atoms with Gasteiger partial charge in [0.1, 0.15) is 11.9 Å². The minimum Gasteiger partial charge on any atom is -0.480 e. The number of hydrogen-bond acceptors (Lipinski definition) is 4. The van der Waals surface area contributed by atoms with Crippen molar-refractivity contribution in [2.24, 2.45) is 0 Å². The summed E-state index contributed by atoms with van der Waals surface area (Å²) in [5.74, 6) is -0.160. The van der Waals surface area contributed by atoms with Crippen molar-refractivity contribution in [3.8, 4) is 0 Å². The van der Waals surface area contributed by atoms with Crippen LogP contribution in [-0.2, 0) is 15.3 Å². The van der Waals surface area contributed by atoms with Gasteiger partial charge in [-0.2, -0.15) is 11.8 Å². The number of carboxylic acids is 1. The molecule has 0 aromatic heterocycles. The van der Waals surface area contributed by atoms with E-state index in [2.05, 4.69) is 5.32 Å². The van der Waals surface area contributed by atoms with Crippen molar-refractivity contribution in [1.82, 2.24) is 5.32 Å². The Bertz CT molecular complexity index is 468. The Balaban J connectivity index is 2.32.